The summed E-state index contributed by atoms with van der Waals surface area (Å²) in [6.45, 7) is 0.123. The zero-order valence-electron chi connectivity index (χ0n) is 19.6. The predicted octanol–water partition coefficient (Wildman–Crippen LogP) is 1.13. The smallest absolute Gasteiger partial charge is 0.410 e. The van der Waals surface area contributed by atoms with E-state index in [0.29, 0.717) is 25.1 Å². The summed E-state index contributed by atoms with van der Waals surface area (Å²) < 4.78 is 10.5. The largest absolute Gasteiger partial charge is 0.497 e. The van der Waals surface area contributed by atoms with Gasteiger partial charge in [-0.1, -0.05) is 42.5 Å². The number of nitrogens with two attached hydrogens (primary N) is 1. The summed E-state index contributed by atoms with van der Waals surface area (Å²) in [5.74, 6) is -1.06. The lowest BCUT2D eigenvalue weighted by atomic mass is 10.0. The molecule has 35 heavy (non-hydrogen) atoms. The van der Waals surface area contributed by atoms with Crippen LogP contribution in [-0.4, -0.2) is 61.0 Å². The number of rotatable bonds is 10. The number of nitrogens with zero attached hydrogens (tertiary/aromatic N) is 1. The molecule has 2 aromatic rings. The molecular formula is C25H30N4O6. The third-order valence-electron chi connectivity index (χ3n) is 5.66. The third kappa shape index (κ3) is 7.46. The molecule has 0 bridgehead atoms. The molecule has 0 spiro atoms. The van der Waals surface area contributed by atoms with E-state index >= 15 is 0 Å². The minimum absolute atomic E-state index is 0.0974. The van der Waals surface area contributed by atoms with Gasteiger partial charge in [0.2, 0.25) is 17.7 Å². The fraction of sp³-hybridized carbons (Fsp3) is 0.360. The summed E-state index contributed by atoms with van der Waals surface area (Å²) in [5, 5.41) is 5.17. The molecule has 0 radical (unpaired) electrons. The molecular weight excluding hydrogens is 452 g/mol. The topological polar surface area (TPSA) is 140 Å². The highest BCUT2D eigenvalue weighted by Gasteiger charge is 2.36. The lowest BCUT2D eigenvalue weighted by Crippen LogP contribution is -2.54. The first kappa shape index (κ1) is 25.5. The molecule has 1 aliphatic rings. The summed E-state index contributed by atoms with van der Waals surface area (Å²) in [7, 11) is 1.55. The van der Waals surface area contributed by atoms with E-state index in [4.69, 9.17) is 15.2 Å². The molecule has 0 aromatic heterocycles. The van der Waals surface area contributed by atoms with E-state index in [0.717, 1.165) is 11.1 Å². The number of benzene rings is 2. The monoisotopic (exact) mass is 482 g/mol. The van der Waals surface area contributed by atoms with E-state index in [-0.39, 0.29) is 19.6 Å². The lowest BCUT2D eigenvalue weighted by Gasteiger charge is -2.26. The second-order valence-corrected chi connectivity index (χ2v) is 8.19. The Morgan fingerprint density at radius 3 is 2.43 bits per heavy atom. The number of primary amides is 1. The Labute approximate surface area is 203 Å². The maximum atomic E-state index is 13.1. The lowest BCUT2D eigenvalue weighted by molar-refractivity contribution is -0.131. The molecule has 0 aliphatic carbocycles. The Kier molecular flexibility index (Phi) is 9.05. The maximum absolute atomic E-state index is 13.1. The quantitative estimate of drug-likeness (QED) is 0.464. The van der Waals surface area contributed by atoms with E-state index in [9.17, 15) is 19.2 Å². The molecule has 0 saturated carbocycles. The molecule has 4 N–H and O–H groups in total. The first-order chi connectivity index (χ1) is 16.9. The summed E-state index contributed by atoms with van der Waals surface area (Å²) in [4.78, 5) is 51.0. The number of hydrogen-bond donors (Lipinski definition) is 3. The molecule has 1 heterocycles. The average molecular weight is 483 g/mol. The van der Waals surface area contributed by atoms with E-state index in [2.05, 4.69) is 10.6 Å². The SMILES string of the molecule is COc1ccc(C[C@H](NC(=O)[C@@H]2CCCN2C(=O)OCc2ccccc2)C(=O)NCC(N)=O)cc1. The van der Waals surface area contributed by atoms with Gasteiger partial charge >= 0.3 is 6.09 Å². The van der Waals surface area contributed by atoms with Crippen molar-refractivity contribution in [1.82, 2.24) is 15.5 Å². The molecule has 10 nitrogen and oxygen atoms in total. The molecule has 10 heteroatoms. The second kappa shape index (κ2) is 12.4. The fourth-order valence-corrected chi connectivity index (χ4v) is 3.83. The minimum atomic E-state index is -0.974. The van der Waals surface area contributed by atoms with Gasteiger partial charge in [0.25, 0.3) is 0 Å². The molecule has 3 rings (SSSR count). The van der Waals surface area contributed by atoms with Crippen LogP contribution in [0.1, 0.15) is 24.0 Å². The molecule has 186 valence electrons. The molecule has 2 aromatic carbocycles. The third-order valence-corrected chi connectivity index (χ3v) is 5.66. The summed E-state index contributed by atoms with van der Waals surface area (Å²) in [6, 6.07) is 14.6. The van der Waals surface area contributed by atoms with Gasteiger partial charge in [-0.05, 0) is 36.1 Å². The average Bonchev–Trinajstić information content (AvgIpc) is 3.37. The number of carbonyl (C=O) groups is 4. The van der Waals surface area contributed by atoms with E-state index in [1.807, 2.05) is 30.3 Å². The van der Waals surface area contributed by atoms with Crippen LogP contribution >= 0.6 is 0 Å². The first-order valence-corrected chi connectivity index (χ1v) is 11.3. The minimum Gasteiger partial charge on any atom is -0.497 e. The predicted molar refractivity (Wildman–Crippen MR) is 127 cm³/mol. The van der Waals surface area contributed by atoms with Crippen molar-refractivity contribution in [2.45, 2.75) is 38.0 Å². The zero-order chi connectivity index (χ0) is 25.2. The van der Waals surface area contributed by atoms with Gasteiger partial charge in [-0.2, -0.15) is 0 Å². The van der Waals surface area contributed by atoms with Crippen molar-refractivity contribution in [3.63, 3.8) is 0 Å². The number of carbonyl (C=O) groups excluding carboxylic acids is 4. The highest BCUT2D eigenvalue weighted by Crippen LogP contribution is 2.20. The highest BCUT2D eigenvalue weighted by atomic mass is 16.6. The van der Waals surface area contributed by atoms with Crippen LogP contribution in [0, 0.1) is 0 Å². The van der Waals surface area contributed by atoms with E-state index < -0.39 is 35.9 Å². The Morgan fingerprint density at radius 1 is 1.06 bits per heavy atom. The number of hydrogen-bond acceptors (Lipinski definition) is 6. The van der Waals surface area contributed by atoms with Gasteiger partial charge in [0.1, 0.15) is 24.4 Å². The van der Waals surface area contributed by atoms with Crippen molar-refractivity contribution in [2.75, 3.05) is 20.2 Å². The summed E-state index contributed by atoms with van der Waals surface area (Å²) >= 11 is 0. The number of likely N-dealkylation sites (tertiary alicyclic amines) is 1. The first-order valence-electron chi connectivity index (χ1n) is 11.3. The summed E-state index contributed by atoms with van der Waals surface area (Å²) in [5.41, 5.74) is 6.75. The van der Waals surface area contributed by atoms with Gasteiger partial charge < -0.3 is 25.8 Å². The number of nitrogens with one attached hydrogen (secondary N) is 2. The fourth-order valence-electron chi connectivity index (χ4n) is 3.83. The number of amides is 4. The van der Waals surface area contributed by atoms with Crippen LogP contribution in [0.3, 0.4) is 0 Å². The van der Waals surface area contributed by atoms with E-state index in [1.165, 1.54) is 4.90 Å². The molecule has 1 fully saturated rings. The zero-order valence-corrected chi connectivity index (χ0v) is 19.6. The van der Waals surface area contributed by atoms with Gasteiger partial charge in [0.05, 0.1) is 13.7 Å². The van der Waals surface area contributed by atoms with Gasteiger partial charge in [0.15, 0.2) is 0 Å². The Morgan fingerprint density at radius 2 is 1.77 bits per heavy atom. The van der Waals surface area contributed by atoms with Crippen LogP contribution in [0.5, 0.6) is 5.75 Å². The maximum Gasteiger partial charge on any atom is 0.410 e. The molecule has 4 amide bonds. The highest BCUT2D eigenvalue weighted by molar-refractivity contribution is 5.93. The van der Waals surface area contributed by atoms with E-state index in [1.54, 1.807) is 31.4 Å². The molecule has 0 unspecified atom stereocenters. The Hall–Kier alpha value is -4.08. The van der Waals surface area contributed by atoms with Gasteiger partial charge in [0, 0.05) is 13.0 Å². The normalized spacial score (nSPS) is 15.7. The van der Waals surface area contributed by atoms with Crippen LogP contribution in [-0.2, 0) is 32.1 Å². The van der Waals surface area contributed by atoms with Crippen molar-refractivity contribution in [2.24, 2.45) is 5.73 Å². The number of methoxy groups -OCH3 is 1. The second-order valence-electron chi connectivity index (χ2n) is 8.19. The summed E-state index contributed by atoms with van der Waals surface area (Å²) in [6.07, 6.45) is 0.669. The molecule has 1 saturated heterocycles. The number of ether oxygens (including phenoxy) is 2. The Bertz CT molecular complexity index is 1030. The van der Waals surface area contributed by atoms with Crippen LogP contribution in [0.25, 0.3) is 0 Å². The molecule has 1 aliphatic heterocycles. The standard InChI is InChI=1S/C25H30N4O6/c1-34-19-11-9-17(10-12-19)14-20(23(31)27-15-22(26)30)28-24(32)21-8-5-13-29(21)25(33)35-16-18-6-3-2-4-7-18/h2-4,6-7,9-12,20-21H,5,8,13-16H2,1H3,(H2,26,30)(H,27,31)(H,28,32)/t20-,21-/m0/s1. The molecule has 2 atom stereocenters. The van der Waals surface area contributed by atoms with Crippen molar-refractivity contribution >= 4 is 23.8 Å². The van der Waals surface area contributed by atoms with Crippen LogP contribution in [0.15, 0.2) is 54.6 Å². The van der Waals surface area contributed by atoms with Gasteiger partial charge in [-0.3, -0.25) is 19.3 Å². The Balaban J connectivity index is 1.66. The van der Waals surface area contributed by atoms with Crippen LogP contribution in [0.4, 0.5) is 4.79 Å². The van der Waals surface area contributed by atoms with Crippen LogP contribution < -0.4 is 21.1 Å². The van der Waals surface area contributed by atoms with Crippen molar-refractivity contribution < 1.29 is 28.7 Å². The van der Waals surface area contributed by atoms with Crippen molar-refractivity contribution in [1.29, 1.82) is 0 Å². The van der Waals surface area contributed by atoms with Gasteiger partial charge in [-0.25, -0.2) is 4.79 Å². The van der Waals surface area contributed by atoms with Gasteiger partial charge in [-0.15, -0.1) is 0 Å². The van der Waals surface area contributed by atoms with Crippen LogP contribution in [0.2, 0.25) is 0 Å². The van der Waals surface area contributed by atoms with Crippen molar-refractivity contribution in [3.8, 4) is 5.75 Å². The van der Waals surface area contributed by atoms with Crippen molar-refractivity contribution in [3.05, 3.63) is 65.7 Å².